The fraction of sp³-hybridized carbons (Fsp3) is 0.529. The number of carbonyl (C=O) groups is 2. The van der Waals surface area contributed by atoms with E-state index in [1.165, 1.54) is 7.11 Å². The zero-order chi connectivity index (χ0) is 17.4. The van der Waals surface area contributed by atoms with Crippen LogP contribution in [-0.2, 0) is 14.4 Å². The van der Waals surface area contributed by atoms with Gasteiger partial charge in [0.25, 0.3) is 0 Å². The Balaban J connectivity index is 1.77. The van der Waals surface area contributed by atoms with E-state index in [0.29, 0.717) is 31.9 Å². The molecule has 7 nitrogen and oxygen atoms in total. The van der Waals surface area contributed by atoms with Crippen molar-refractivity contribution in [1.82, 2.24) is 4.90 Å². The highest BCUT2D eigenvalue weighted by molar-refractivity contribution is 5.71. The zero-order valence-corrected chi connectivity index (χ0v) is 14.1. The number of anilines is 1. The first kappa shape index (κ1) is 18.1. The third-order valence-electron chi connectivity index (χ3n) is 3.91. The first-order valence-electron chi connectivity index (χ1n) is 8.13. The third-order valence-corrected chi connectivity index (χ3v) is 3.91. The minimum Gasteiger partial charge on any atom is -0.466 e. The third kappa shape index (κ3) is 5.42. The summed E-state index contributed by atoms with van der Waals surface area (Å²) in [5, 5.41) is 0. The van der Waals surface area contributed by atoms with Crippen molar-refractivity contribution in [2.45, 2.75) is 26.2 Å². The fourth-order valence-corrected chi connectivity index (χ4v) is 2.65. The molecule has 0 spiro atoms. The lowest BCUT2D eigenvalue weighted by Crippen LogP contribution is -2.40. The first-order valence-corrected chi connectivity index (χ1v) is 8.13. The van der Waals surface area contributed by atoms with E-state index < -0.39 is 0 Å². The molecule has 1 heterocycles. The summed E-state index contributed by atoms with van der Waals surface area (Å²) in [6.45, 7) is 3.38. The Morgan fingerprint density at radius 3 is 2.46 bits per heavy atom. The SMILES string of the molecule is CCOC(=O)CC1CCN(C(=O)Oc2ccc(NOC)cc2)CC1. The molecule has 132 valence electrons. The second-order valence-corrected chi connectivity index (χ2v) is 5.64. The molecular weight excluding hydrogens is 312 g/mol. The predicted octanol–water partition coefficient (Wildman–Crippen LogP) is 2.82. The number of carbonyl (C=O) groups excluding carboxylic acids is 2. The van der Waals surface area contributed by atoms with Crippen molar-refractivity contribution in [3.63, 3.8) is 0 Å². The lowest BCUT2D eigenvalue weighted by atomic mass is 9.94. The van der Waals surface area contributed by atoms with Crippen molar-refractivity contribution in [1.29, 1.82) is 0 Å². The van der Waals surface area contributed by atoms with E-state index in [0.717, 1.165) is 18.5 Å². The molecule has 0 aromatic heterocycles. The Morgan fingerprint density at radius 1 is 1.21 bits per heavy atom. The van der Waals surface area contributed by atoms with E-state index in [2.05, 4.69) is 5.48 Å². The van der Waals surface area contributed by atoms with E-state index in [1.54, 1.807) is 36.1 Å². The Bertz CT molecular complexity index is 538. The maximum absolute atomic E-state index is 12.2. The minimum atomic E-state index is -0.364. The molecule has 0 unspecified atom stereocenters. The van der Waals surface area contributed by atoms with Crippen LogP contribution in [0.5, 0.6) is 5.75 Å². The quantitative estimate of drug-likeness (QED) is 0.636. The number of ether oxygens (including phenoxy) is 2. The molecule has 1 N–H and O–H groups in total. The Morgan fingerprint density at radius 2 is 1.88 bits per heavy atom. The molecule has 2 rings (SSSR count). The number of rotatable bonds is 6. The van der Waals surface area contributed by atoms with Crippen molar-refractivity contribution >= 4 is 17.7 Å². The molecule has 1 aliphatic heterocycles. The summed E-state index contributed by atoms with van der Waals surface area (Å²) in [6, 6.07) is 6.93. The van der Waals surface area contributed by atoms with Crippen molar-refractivity contribution in [3.05, 3.63) is 24.3 Å². The Hall–Kier alpha value is -2.28. The topological polar surface area (TPSA) is 77.1 Å². The van der Waals surface area contributed by atoms with Crippen LogP contribution in [0.3, 0.4) is 0 Å². The van der Waals surface area contributed by atoms with E-state index >= 15 is 0 Å². The number of benzene rings is 1. The van der Waals surface area contributed by atoms with Gasteiger partial charge in [-0.15, -0.1) is 0 Å². The van der Waals surface area contributed by atoms with E-state index in [4.69, 9.17) is 14.3 Å². The van der Waals surface area contributed by atoms with E-state index in [9.17, 15) is 9.59 Å². The number of hydrogen-bond donors (Lipinski definition) is 1. The average molecular weight is 336 g/mol. The van der Waals surface area contributed by atoms with Gasteiger partial charge in [-0.3, -0.25) is 15.1 Å². The molecule has 24 heavy (non-hydrogen) atoms. The molecule has 1 saturated heterocycles. The zero-order valence-electron chi connectivity index (χ0n) is 14.1. The monoisotopic (exact) mass is 336 g/mol. The molecule has 1 fully saturated rings. The van der Waals surface area contributed by atoms with Crippen LogP contribution >= 0.6 is 0 Å². The second kappa shape index (κ2) is 9.12. The van der Waals surface area contributed by atoms with Crippen LogP contribution in [0.4, 0.5) is 10.5 Å². The molecule has 0 atom stereocenters. The van der Waals surface area contributed by atoms with Gasteiger partial charge in [0.2, 0.25) is 0 Å². The van der Waals surface area contributed by atoms with Crippen LogP contribution in [0.1, 0.15) is 26.2 Å². The molecule has 1 aromatic carbocycles. The summed E-state index contributed by atoms with van der Waals surface area (Å²) in [4.78, 5) is 30.1. The standard InChI is InChI=1S/C17H24N2O5/c1-3-23-16(20)12-13-8-10-19(11-9-13)17(21)24-15-6-4-14(5-7-15)18-22-2/h4-7,13,18H,3,8-12H2,1-2H3. The van der Waals surface area contributed by atoms with Crippen molar-refractivity contribution in [2.75, 3.05) is 32.3 Å². The Kier molecular flexibility index (Phi) is 6.87. The lowest BCUT2D eigenvalue weighted by molar-refractivity contribution is -0.144. The van der Waals surface area contributed by atoms with Gasteiger partial charge >= 0.3 is 12.1 Å². The molecule has 0 saturated carbocycles. The summed E-state index contributed by atoms with van der Waals surface area (Å²) < 4.78 is 10.3. The summed E-state index contributed by atoms with van der Waals surface area (Å²) in [5.41, 5.74) is 3.47. The number of hydrogen-bond acceptors (Lipinski definition) is 6. The molecule has 0 bridgehead atoms. The molecule has 1 aliphatic rings. The maximum atomic E-state index is 12.2. The van der Waals surface area contributed by atoms with Crippen LogP contribution in [0.2, 0.25) is 0 Å². The van der Waals surface area contributed by atoms with Gasteiger partial charge in [0.1, 0.15) is 5.75 Å². The van der Waals surface area contributed by atoms with Gasteiger partial charge in [-0.05, 0) is 49.9 Å². The summed E-state index contributed by atoms with van der Waals surface area (Å²) in [7, 11) is 1.53. The highest BCUT2D eigenvalue weighted by atomic mass is 16.6. The van der Waals surface area contributed by atoms with Crippen molar-refractivity contribution in [2.24, 2.45) is 5.92 Å². The minimum absolute atomic E-state index is 0.164. The van der Waals surface area contributed by atoms with Crippen LogP contribution in [0.25, 0.3) is 0 Å². The first-order chi connectivity index (χ1) is 11.6. The molecule has 1 aromatic rings. The van der Waals surface area contributed by atoms with E-state index in [1.807, 2.05) is 0 Å². The number of nitrogens with zero attached hydrogens (tertiary/aromatic N) is 1. The summed E-state index contributed by atoms with van der Waals surface area (Å²) >= 11 is 0. The second-order valence-electron chi connectivity index (χ2n) is 5.64. The normalized spacial score (nSPS) is 15.0. The van der Waals surface area contributed by atoms with Gasteiger partial charge in [-0.1, -0.05) is 0 Å². The van der Waals surface area contributed by atoms with Crippen LogP contribution < -0.4 is 10.2 Å². The number of piperidine rings is 1. The number of nitrogens with one attached hydrogen (secondary N) is 1. The fourth-order valence-electron chi connectivity index (χ4n) is 2.65. The van der Waals surface area contributed by atoms with E-state index in [-0.39, 0.29) is 18.0 Å². The molecular formula is C17H24N2O5. The van der Waals surface area contributed by atoms with Crippen LogP contribution in [-0.4, -0.2) is 43.8 Å². The van der Waals surface area contributed by atoms with Gasteiger partial charge < -0.3 is 14.4 Å². The highest BCUT2D eigenvalue weighted by Gasteiger charge is 2.25. The molecule has 0 radical (unpaired) electrons. The number of likely N-dealkylation sites (tertiary alicyclic amines) is 1. The van der Waals surface area contributed by atoms with Gasteiger partial charge in [0.05, 0.1) is 19.4 Å². The summed E-state index contributed by atoms with van der Waals surface area (Å²) in [6.07, 6.45) is 1.62. The lowest BCUT2D eigenvalue weighted by Gasteiger charge is -2.30. The number of esters is 1. The number of amides is 1. The average Bonchev–Trinajstić information content (AvgIpc) is 2.57. The smallest absolute Gasteiger partial charge is 0.415 e. The predicted molar refractivity (Wildman–Crippen MR) is 88.6 cm³/mol. The maximum Gasteiger partial charge on any atom is 0.415 e. The van der Waals surface area contributed by atoms with Gasteiger partial charge in [-0.25, -0.2) is 4.79 Å². The molecule has 1 amide bonds. The van der Waals surface area contributed by atoms with Crippen molar-refractivity contribution < 1.29 is 23.9 Å². The molecule has 7 heteroatoms. The van der Waals surface area contributed by atoms with Crippen LogP contribution in [0, 0.1) is 5.92 Å². The Labute approximate surface area is 141 Å². The van der Waals surface area contributed by atoms with Gasteiger partial charge in [0, 0.05) is 19.5 Å². The highest BCUT2D eigenvalue weighted by Crippen LogP contribution is 2.22. The largest absolute Gasteiger partial charge is 0.466 e. The van der Waals surface area contributed by atoms with Gasteiger partial charge in [0.15, 0.2) is 0 Å². The van der Waals surface area contributed by atoms with Crippen LogP contribution in [0.15, 0.2) is 24.3 Å². The van der Waals surface area contributed by atoms with Crippen molar-refractivity contribution in [3.8, 4) is 5.75 Å². The molecule has 0 aliphatic carbocycles. The van der Waals surface area contributed by atoms with Gasteiger partial charge in [-0.2, -0.15) is 0 Å². The summed E-state index contributed by atoms with van der Waals surface area (Å²) in [5.74, 6) is 0.589.